The monoisotopic (exact) mass is 327 g/mol. The lowest BCUT2D eigenvalue weighted by Crippen LogP contribution is -2.39. The van der Waals surface area contributed by atoms with E-state index in [0.29, 0.717) is 25.8 Å². The summed E-state index contributed by atoms with van der Waals surface area (Å²) in [5.41, 5.74) is 0. The van der Waals surface area contributed by atoms with Gasteiger partial charge in [0.05, 0.1) is 0 Å². The highest BCUT2D eigenvalue weighted by atomic mass is 16.2. The molecule has 0 fully saturated rings. The van der Waals surface area contributed by atoms with Crippen molar-refractivity contribution in [2.75, 3.05) is 6.54 Å². The third kappa shape index (κ3) is 11.6. The number of hydrogen-bond donors (Lipinski definition) is 3. The zero-order chi connectivity index (χ0) is 17.8. The fraction of sp³-hybridized carbons (Fsp3) is 0.824. The van der Waals surface area contributed by atoms with Crippen LogP contribution in [0.4, 0.5) is 0 Å². The van der Waals surface area contributed by atoms with Crippen molar-refractivity contribution in [3.05, 3.63) is 0 Å². The molecule has 0 rings (SSSR count). The summed E-state index contributed by atoms with van der Waals surface area (Å²) < 4.78 is 0. The molecule has 1 unspecified atom stereocenters. The maximum atomic E-state index is 11.8. The van der Waals surface area contributed by atoms with Gasteiger partial charge in [-0.15, -0.1) is 0 Å². The van der Waals surface area contributed by atoms with Crippen molar-refractivity contribution < 1.29 is 14.4 Å². The van der Waals surface area contributed by atoms with Crippen LogP contribution in [0.3, 0.4) is 0 Å². The van der Waals surface area contributed by atoms with E-state index in [9.17, 15) is 14.4 Å². The Morgan fingerprint density at radius 1 is 0.826 bits per heavy atom. The van der Waals surface area contributed by atoms with Crippen LogP contribution < -0.4 is 16.0 Å². The molecular formula is C17H33N3O3. The maximum Gasteiger partial charge on any atom is 0.221 e. The first kappa shape index (κ1) is 21.4. The Balaban J connectivity index is 4.03. The van der Waals surface area contributed by atoms with Gasteiger partial charge in [-0.1, -0.05) is 20.8 Å². The van der Waals surface area contributed by atoms with Crippen LogP contribution >= 0.6 is 0 Å². The minimum Gasteiger partial charge on any atom is -0.356 e. The molecule has 0 aliphatic rings. The lowest BCUT2D eigenvalue weighted by Gasteiger charge is -2.22. The first-order valence-electron chi connectivity index (χ1n) is 8.61. The highest BCUT2D eigenvalue weighted by Crippen LogP contribution is 2.09. The first-order chi connectivity index (χ1) is 10.8. The molecule has 0 radical (unpaired) electrons. The van der Waals surface area contributed by atoms with E-state index in [2.05, 4.69) is 16.0 Å². The quantitative estimate of drug-likeness (QED) is 0.540. The number of carbonyl (C=O) groups excluding carboxylic acids is 3. The third-order valence-corrected chi connectivity index (χ3v) is 3.43. The predicted molar refractivity (Wildman–Crippen MR) is 91.8 cm³/mol. The van der Waals surface area contributed by atoms with Gasteiger partial charge in [0.15, 0.2) is 0 Å². The minimum absolute atomic E-state index is 0.00374. The van der Waals surface area contributed by atoms with Gasteiger partial charge in [0.2, 0.25) is 17.7 Å². The third-order valence-electron chi connectivity index (χ3n) is 3.43. The fourth-order valence-electron chi connectivity index (χ4n) is 2.16. The van der Waals surface area contributed by atoms with Crippen LogP contribution in [0.15, 0.2) is 0 Å². The second-order valence-electron chi connectivity index (χ2n) is 6.53. The lowest BCUT2D eigenvalue weighted by molar-refractivity contribution is -0.124. The molecule has 0 heterocycles. The number of hydrogen-bond acceptors (Lipinski definition) is 3. The molecule has 6 heteroatoms. The van der Waals surface area contributed by atoms with E-state index in [1.165, 1.54) is 0 Å². The van der Waals surface area contributed by atoms with Crippen molar-refractivity contribution in [3.63, 3.8) is 0 Å². The van der Waals surface area contributed by atoms with Crippen LogP contribution in [0.1, 0.15) is 66.7 Å². The Kier molecular flexibility index (Phi) is 11.1. The number of carbonyl (C=O) groups is 3. The van der Waals surface area contributed by atoms with E-state index in [4.69, 9.17) is 0 Å². The molecule has 1 atom stereocenters. The second-order valence-corrected chi connectivity index (χ2v) is 6.53. The van der Waals surface area contributed by atoms with Crippen LogP contribution in [0.25, 0.3) is 0 Å². The van der Waals surface area contributed by atoms with E-state index in [-0.39, 0.29) is 42.1 Å². The summed E-state index contributed by atoms with van der Waals surface area (Å²) in [5, 5.41) is 8.51. The van der Waals surface area contributed by atoms with Gasteiger partial charge in [0, 0.05) is 37.9 Å². The van der Waals surface area contributed by atoms with Crippen molar-refractivity contribution >= 4 is 17.7 Å². The molecule has 0 saturated carbocycles. The molecule has 0 saturated heterocycles. The Hall–Kier alpha value is -1.59. The normalized spacial score (nSPS) is 12.1. The first-order valence-corrected chi connectivity index (χ1v) is 8.61. The summed E-state index contributed by atoms with van der Waals surface area (Å²) in [7, 11) is 0. The minimum atomic E-state index is -0.0854. The summed E-state index contributed by atoms with van der Waals surface area (Å²) in [6.45, 7) is 10.2. The van der Waals surface area contributed by atoms with E-state index < -0.39 is 0 Å². The van der Waals surface area contributed by atoms with Crippen molar-refractivity contribution in [2.45, 2.75) is 78.8 Å². The smallest absolute Gasteiger partial charge is 0.221 e. The van der Waals surface area contributed by atoms with Gasteiger partial charge < -0.3 is 16.0 Å². The van der Waals surface area contributed by atoms with E-state index in [1.54, 1.807) is 0 Å². The molecule has 0 spiro atoms. The molecule has 0 aromatic rings. The van der Waals surface area contributed by atoms with Crippen LogP contribution in [0, 0.1) is 5.92 Å². The molecule has 0 aromatic carbocycles. The molecule has 3 amide bonds. The summed E-state index contributed by atoms with van der Waals surface area (Å²) in [6.07, 6.45) is 2.57. The van der Waals surface area contributed by atoms with Crippen molar-refractivity contribution in [1.29, 1.82) is 0 Å². The van der Waals surface area contributed by atoms with Gasteiger partial charge in [-0.05, 0) is 32.6 Å². The largest absolute Gasteiger partial charge is 0.356 e. The average molecular weight is 327 g/mol. The molecule has 3 N–H and O–H groups in total. The molecule has 6 nitrogen and oxygen atoms in total. The number of nitrogens with one attached hydrogen (secondary N) is 3. The number of rotatable bonds is 11. The zero-order valence-corrected chi connectivity index (χ0v) is 15.2. The Labute approximate surface area is 140 Å². The molecule has 134 valence electrons. The van der Waals surface area contributed by atoms with E-state index >= 15 is 0 Å². The van der Waals surface area contributed by atoms with Gasteiger partial charge in [0.1, 0.15) is 0 Å². The molecule has 0 aliphatic heterocycles. The van der Waals surface area contributed by atoms with Gasteiger partial charge in [-0.2, -0.15) is 0 Å². The summed E-state index contributed by atoms with van der Waals surface area (Å²) in [4.78, 5) is 35.0. The summed E-state index contributed by atoms with van der Waals surface area (Å²) in [6, 6.07) is 0.112. The Morgan fingerprint density at radius 3 is 1.96 bits per heavy atom. The predicted octanol–water partition coefficient (Wildman–Crippen LogP) is 1.74. The molecule has 23 heavy (non-hydrogen) atoms. The van der Waals surface area contributed by atoms with Crippen LogP contribution in [0.5, 0.6) is 0 Å². The fourth-order valence-corrected chi connectivity index (χ4v) is 2.16. The molecular weight excluding hydrogens is 294 g/mol. The molecule has 0 aliphatic carbocycles. The molecule has 0 aromatic heterocycles. The van der Waals surface area contributed by atoms with Crippen molar-refractivity contribution in [3.8, 4) is 0 Å². The van der Waals surface area contributed by atoms with Crippen molar-refractivity contribution in [1.82, 2.24) is 16.0 Å². The SMILES string of the molecule is CCCC(=O)NC(CCC(=O)NCCC(=O)NC(C)C)C(C)C. The highest BCUT2D eigenvalue weighted by Gasteiger charge is 2.17. The van der Waals surface area contributed by atoms with Gasteiger partial charge in [0.25, 0.3) is 0 Å². The van der Waals surface area contributed by atoms with Crippen LogP contribution in [0.2, 0.25) is 0 Å². The topological polar surface area (TPSA) is 87.3 Å². The van der Waals surface area contributed by atoms with Gasteiger partial charge in [-0.25, -0.2) is 0 Å². The van der Waals surface area contributed by atoms with E-state index in [0.717, 1.165) is 6.42 Å². The summed E-state index contributed by atoms with van der Waals surface area (Å²) >= 11 is 0. The van der Waals surface area contributed by atoms with Crippen LogP contribution in [-0.4, -0.2) is 36.3 Å². The lowest BCUT2D eigenvalue weighted by atomic mass is 9.98. The standard InChI is InChI=1S/C17H33N3O3/c1-6-7-16(22)20-14(12(2)3)8-9-15(21)18-11-10-17(23)19-13(4)5/h12-14H,6-11H2,1-5H3,(H,18,21)(H,19,23)(H,20,22). The van der Waals surface area contributed by atoms with Crippen LogP contribution in [-0.2, 0) is 14.4 Å². The van der Waals surface area contributed by atoms with Gasteiger partial charge >= 0.3 is 0 Å². The summed E-state index contributed by atoms with van der Waals surface area (Å²) in [5.74, 6) is 0.169. The second kappa shape index (κ2) is 11.9. The van der Waals surface area contributed by atoms with Gasteiger partial charge in [-0.3, -0.25) is 14.4 Å². The average Bonchev–Trinajstić information content (AvgIpc) is 2.42. The highest BCUT2D eigenvalue weighted by molar-refractivity contribution is 5.79. The Morgan fingerprint density at radius 2 is 1.43 bits per heavy atom. The van der Waals surface area contributed by atoms with Crippen molar-refractivity contribution in [2.24, 2.45) is 5.92 Å². The molecule has 0 bridgehead atoms. The van der Waals surface area contributed by atoms with E-state index in [1.807, 2.05) is 34.6 Å². The Bertz CT molecular complexity index is 381. The zero-order valence-electron chi connectivity index (χ0n) is 15.2. The number of amides is 3. The maximum absolute atomic E-state index is 11.8.